The molecule has 2 aromatic heterocycles. The Bertz CT molecular complexity index is 289. The Labute approximate surface area is 95.0 Å². The van der Waals surface area contributed by atoms with E-state index in [1.807, 2.05) is 0 Å². The van der Waals surface area contributed by atoms with Crippen LogP contribution in [-0.2, 0) is 12.5 Å². The standard InChI is InChI=1S/C4H4ClNS.C4H5NOS/c5-1-4-2-6-3-7-4;6-2-4-1-5-3-7-4/h2-3H,1H2;1,3,6H,2H2. The monoisotopic (exact) mass is 248 g/mol. The van der Waals surface area contributed by atoms with Gasteiger partial charge < -0.3 is 5.11 Å². The Morgan fingerprint density at radius 1 is 1.14 bits per heavy atom. The molecule has 0 aliphatic carbocycles. The largest absolute Gasteiger partial charge is 0.391 e. The Balaban J connectivity index is 0.000000140. The van der Waals surface area contributed by atoms with Gasteiger partial charge in [-0.05, 0) is 0 Å². The van der Waals surface area contributed by atoms with Gasteiger partial charge in [0.2, 0.25) is 0 Å². The molecule has 1 N–H and O–H groups in total. The molecule has 0 saturated carbocycles. The first-order valence-electron chi connectivity index (χ1n) is 3.78. The highest BCUT2D eigenvalue weighted by Crippen LogP contribution is 2.07. The molecule has 76 valence electrons. The second-order valence-electron chi connectivity index (χ2n) is 2.23. The fraction of sp³-hybridized carbons (Fsp3) is 0.250. The first kappa shape index (κ1) is 11.6. The molecule has 6 heteroatoms. The lowest BCUT2D eigenvalue weighted by molar-refractivity contribution is 0.285. The number of nitrogens with zero attached hydrogens (tertiary/aromatic N) is 2. The molecule has 2 aromatic rings. The number of alkyl halides is 1. The molecule has 0 bridgehead atoms. The number of aromatic nitrogens is 2. The number of rotatable bonds is 2. The smallest absolute Gasteiger partial charge is 0.0795 e. The highest BCUT2D eigenvalue weighted by molar-refractivity contribution is 7.09. The van der Waals surface area contributed by atoms with Crippen molar-refractivity contribution < 1.29 is 5.11 Å². The number of hydrogen-bond acceptors (Lipinski definition) is 5. The van der Waals surface area contributed by atoms with Gasteiger partial charge in [0.1, 0.15) is 0 Å². The van der Waals surface area contributed by atoms with Crippen LogP contribution >= 0.6 is 34.3 Å². The molecule has 2 rings (SSSR count). The van der Waals surface area contributed by atoms with Crippen LogP contribution in [0.2, 0.25) is 0 Å². The van der Waals surface area contributed by atoms with Crippen molar-refractivity contribution in [1.29, 1.82) is 0 Å². The van der Waals surface area contributed by atoms with Crippen LogP contribution in [-0.4, -0.2) is 15.1 Å². The van der Waals surface area contributed by atoms with E-state index in [1.165, 1.54) is 11.3 Å². The summed E-state index contributed by atoms with van der Waals surface area (Å²) in [5, 5.41) is 8.40. The van der Waals surface area contributed by atoms with Gasteiger partial charge in [-0.2, -0.15) is 0 Å². The van der Waals surface area contributed by atoms with Crippen molar-refractivity contribution in [2.24, 2.45) is 0 Å². The van der Waals surface area contributed by atoms with Gasteiger partial charge in [0.05, 0.1) is 23.5 Å². The number of halogens is 1. The maximum absolute atomic E-state index is 8.40. The van der Waals surface area contributed by atoms with Gasteiger partial charge in [-0.25, -0.2) is 0 Å². The van der Waals surface area contributed by atoms with Gasteiger partial charge in [0, 0.05) is 22.1 Å². The van der Waals surface area contributed by atoms with Crippen molar-refractivity contribution in [2.45, 2.75) is 12.5 Å². The third-order valence-electron chi connectivity index (χ3n) is 1.25. The number of hydrogen-bond donors (Lipinski definition) is 1. The molecule has 14 heavy (non-hydrogen) atoms. The lowest BCUT2D eigenvalue weighted by atomic mass is 10.6. The summed E-state index contributed by atoms with van der Waals surface area (Å²) in [5.41, 5.74) is 3.48. The molecular weight excluding hydrogens is 240 g/mol. The van der Waals surface area contributed by atoms with Crippen LogP contribution in [0.1, 0.15) is 9.75 Å². The molecule has 0 fully saturated rings. The molecule has 0 saturated heterocycles. The third kappa shape index (κ3) is 4.15. The third-order valence-corrected chi connectivity index (χ3v) is 3.24. The summed E-state index contributed by atoms with van der Waals surface area (Å²) in [7, 11) is 0. The summed E-state index contributed by atoms with van der Waals surface area (Å²) in [6.45, 7) is 0.116. The highest BCUT2D eigenvalue weighted by Gasteiger charge is 1.86. The van der Waals surface area contributed by atoms with Crippen LogP contribution in [0.4, 0.5) is 0 Å². The fourth-order valence-electron chi connectivity index (χ4n) is 0.628. The Morgan fingerprint density at radius 2 is 1.71 bits per heavy atom. The minimum atomic E-state index is 0.116. The molecule has 0 aromatic carbocycles. The van der Waals surface area contributed by atoms with E-state index in [-0.39, 0.29) is 6.61 Å². The zero-order chi connectivity index (χ0) is 10.2. The summed E-state index contributed by atoms with van der Waals surface area (Å²) in [6.07, 6.45) is 3.43. The molecule has 0 radical (unpaired) electrons. The van der Waals surface area contributed by atoms with Crippen molar-refractivity contribution >= 4 is 34.3 Å². The van der Waals surface area contributed by atoms with Crippen LogP contribution < -0.4 is 0 Å². The Morgan fingerprint density at radius 3 is 1.93 bits per heavy atom. The molecule has 0 aliphatic rings. The van der Waals surface area contributed by atoms with E-state index < -0.39 is 0 Å². The zero-order valence-electron chi connectivity index (χ0n) is 7.26. The van der Waals surface area contributed by atoms with E-state index in [0.29, 0.717) is 5.88 Å². The maximum Gasteiger partial charge on any atom is 0.0795 e. The second kappa shape index (κ2) is 6.89. The van der Waals surface area contributed by atoms with E-state index in [9.17, 15) is 0 Å². The van der Waals surface area contributed by atoms with E-state index >= 15 is 0 Å². The van der Waals surface area contributed by atoms with Crippen molar-refractivity contribution in [1.82, 2.24) is 9.97 Å². The predicted octanol–water partition coefficient (Wildman–Crippen LogP) is 2.52. The summed E-state index contributed by atoms with van der Waals surface area (Å²) in [6, 6.07) is 0. The van der Waals surface area contributed by atoms with E-state index in [0.717, 1.165) is 9.75 Å². The van der Waals surface area contributed by atoms with Gasteiger partial charge in [-0.1, -0.05) is 0 Å². The minimum absolute atomic E-state index is 0.116. The number of aliphatic hydroxyl groups excluding tert-OH is 1. The molecule has 0 spiro atoms. The van der Waals surface area contributed by atoms with Crippen LogP contribution in [0, 0.1) is 0 Å². The van der Waals surface area contributed by atoms with E-state index in [2.05, 4.69) is 9.97 Å². The quantitative estimate of drug-likeness (QED) is 0.831. The summed E-state index contributed by atoms with van der Waals surface area (Å²) in [5.74, 6) is 0.588. The molecule has 0 amide bonds. The average molecular weight is 249 g/mol. The van der Waals surface area contributed by atoms with Crippen LogP contribution in [0.15, 0.2) is 23.4 Å². The molecule has 0 unspecified atom stereocenters. The summed E-state index contributed by atoms with van der Waals surface area (Å²) >= 11 is 8.48. The molecular formula is C8H9ClN2OS2. The van der Waals surface area contributed by atoms with Gasteiger partial charge in [0.15, 0.2) is 0 Å². The first-order chi connectivity index (χ1) is 6.86. The Hall–Kier alpha value is -0.490. The summed E-state index contributed by atoms with van der Waals surface area (Å²) < 4.78 is 0. The van der Waals surface area contributed by atoms with Gasteiger partial charge in [-0.15, -0.1) is 34.3 Å². The minimum Gasteiger partial charge on any atom is -0.391 e. The van der Waals surface area contributed by atoms with Crippen molar-refractivity contribution in [3.05, 3.63) is 33.2 Å². The average Bonchev–Trinajstić information content (AvgIpc) is 2.92. The fourth-order valence-corrected chi connectivity index (χ4v) is 1.78. The normalized spacial score (nSPS) is 9.29. The molecule has 3 nitrogen and oxygen atoms in total. The Kier molecular flexibility index (Phi) is 5.70. The highest BCUT2D eigenvalue weighted by atomic mass is 35.5. The van der Waals surface area contributed by atoms with Crippen molar-refractivity contribution in [3.63, 3.8) is 0 Å². The first-order valence-corrected chi connectivity index (χ1v) is 6.07. The second-order valence-corrected chi connectivity index (χ2v) is 4.44. The number of thiazole rings is 2. The van der Waals surface area contributed by atoms with Crippen LogP contribution in [0.25, 0.3) is 0 Å². The topological polar surface area (TPSA) is 46.0 Å². The van der Waals surface area contributed by atoms with Gasteiger partial charge >= 0.3 is 0 Å². The molecule has 0 aliphatic heterocycles. The lowest BCUT2D eigenvalue weighted by Gasteiger charge is -1.76. The van der Waals surface area contributed by atoms with Crippen molar-refractivity contribution in [2.75, 3.05) is 0 Å². The molecule has 2 heterocycles. The van der Waals surface area contributed by atoms with Crippen LogP contribution in [0.5, 0.6) is 0 Å². The molecule has 0 atom stereocenters. The van der Waals surface area contributed by atoms with Crippen molar-refractivity contribution in [3.8, 4) is 0 Å². The zero-order valence-corrected chi connectivity index (χ0v) is 9.65. The summed E-state index contributed by atoms with van der Waals surface area (Å²) in [4.78, 5) is 9.62. The van der Waals surface area contributed by atoms with Gasteiger partial charge in [-0.3, -0.25) is 9.97 Å². The lowest BCUT2D eigenvalue weighted by Crippen LogP contribution is -1.70. The maximum atomic E-state index is 8.40. The predicted molar refractivity (Wildman–Crippen MR) is 59.7 cm³/mol. The van der Waals surface area contributed by atoms with Gasteiger partial charge in [0.25, 0.3) is 0 Å². The van der Waals surface area contributed by atoms with E-state index in [4.69, 9.17) is 16.7 Å². The number of aliphatic hydroxyl groups is 1. The van der Waals surface area contributed by atoms with E-state index in [1.54, 1.807) is 34.8 Å². The SMILES string of the molecule is ClCc1cncs1.OCc1cncs1. The van der Waals surface area contributed by atoms with Crippen LogP contribution in [0.3, 0.4) is 0 Å².